The van der Waals surface area contributed by atoms with E-state index in [0.29, 0.717) is 11.8 Å². The Morgan fingerprint density at radius 1 is 1.39 bits per heavy atom. The molecular formula is C11H17N5O2. The van der Waals surface area contributed by atoms with Crippen LogP contribution in [-0.2, 0) is 16.1 Å². The zero-order chi connectivity index (χ0) is 13.1. The largest absolute Gasteiger partial charge is 0.457 e. The summed E-state index contributed by atoms with van der Waals surface area (Å²) in [5.74, 6) is 0.837. The lowest BCUT2D eigenvalue weighted by Gasteiger charge is -2.22. The van der Waals surface area contributed by atoms with Crippen molar-refractivity contribution in [3.05, 3.63) is 5.82 Å². The minimum Gasteiger partial charge on any atom is -0.457 e. The van der Waals surface area contributed by atoms with Crippen LogP contribution < -0.4 is 10.6 Å². The number of hydrogen-bond donors (Lipinski definition) is 1. The monoisotopic (exact) mass is 251 g/mol. The van der Waals surface area contributed by atoms with E-state index in [1.165, 1.54) is 0 Å². The molecule has 0 bridgehead atoms. The Morgan fingerprint density at radius 3 is 2.67 bits per heavy atom. The predicted octanol–water partition coefficient (Wildman–Crippen LogP) is 0.363. The van der Waals surface area contributed by atoms with Gasteiger partial charge in [-0.1, -0.05) is 6.42 Å². The average molecular weight is 251 g/mol. The van der Waals surface area contributed by atoms with Crippen molar-refractivity contribution < 1.29 is 9.53 Å². The topological polar surface area (TPSA) is 94.2 Å². The van der Waals surface area contributed by atoms with Crippen LogP contribution in [0.2, 0.25) is 0 Å². The van der Waals surface area contributed by atoms with E-state index in [-0.39, 0.29) is 24.4 Å². The quantitative estimate of drug-likeness (QED) is 0.772. The van der Waals surface area contributed by atoms with Gasteiger partial charge in [-0.05, 0) is 12.8 Å². The molecule has 1 aliphatic rings. The molecule has 1 heterocycles. The van der Waals surface area contributed by atoms with Crippen LogP contribution in [0, 0.1) is 5.92 Å². The lowest BCUT2D eigenvalue weighted by molar-refractivity contribution is -0.153. The minimum absolute atomic E-state index is 0.0445. The summed E-state index contributed by atoms with van der Waals surface area (Å²) >= 11 is 0. The molecule has 0 spiro atoms. The van der Waals surface area contributed by atoms with E-state index in [9.17, 15) is 4.79 Å². The van der Waals surface area contributed by atoms with Crippen LogP contribution in [0.3, 0.4) is 0 Å². The first-order chi connectivity index (χ1) is 8.56. The van der Waals surface area contributed by atoms with E-state index in [1.807, 2.05) is 0 Å². The molecule has 7 heteroatoms. The molecular weight excluding hydrogens is 234 g/mol. The number of aromatic nitrogens is 3. The van der Waals surface area contributed by atoms with E-state index in [0.717, 1.165) is 19.3 Å². The van der Waals surface area contributed by atoms with Crippen molar-refractivity contribution in [3.63, 3.8) is 0 Å². The molecule has 1 aliphatic carbocycles. The summed E-state index contributed by atoms with van der Waals surface area (Å²) in [7, 11) is 3.61. The molecule has 7 nitrogen and oxygen atoms in total. The van der Waals surface area contributed by atoms with Gasteiger partial charge in [0.05, 0.1) is 5.92 Å². The van der Waals surface area contributed by atoms with E-state index >= 15 is 0 Å². The van der Waals surface area contributed by atoms with Crippen molar-refractivity contribution in [3.8, 4) is 0 Å². The number of ether oxygens (including phenoxy) is 1. The van der Waals surface area contributed by atoms with Crippen molar-refractivity contribution in [1.82, 2.24) is 15.0 Å². The molecule has 1 fully saturated rings. The number of rotatable bonds is 4. The third kappa shape index (κ3) is 2.85. The molecule has 1 aromatic rings. The lowest BCUT2D eigenvalue weighted by atomic mass is 9.86. The number of hydrogen-bond acceptors (Lipinski definition) is 7. The molecule has 0 aliphatic heterocycles. The van der Waals surface area contributed by atoms with Crippen LogP contribution in [0.15, 0.2) is 0 Å². The van der Waals surface area contributed by atoms with Gasteiger partial charge in [-0.25, -0.2) is 0 Å². The number of carbonyl (C=O) groups excluding carboxylic acids is 1. The number of nitrogens with zero attached hydrogens (tertiary/aromatic N) is 4. The van der Waals surface area contributed by atoms with Crippen LogP contribution in [-0.4, -0.2) is 35.0 Å². The van der Waals surface area contributed by atoms with Gasteiger partial charge in [0.2, 0.25) is 11.9 Å². The van der Waals surface area contributed by atoms with Crippen molar-refractivity contribution in [1.29, 1.82) is 0 Å². The highest BCUT2D eigenvalue weighted by Crippen LogP contribution is 2.27. The highest BCUT2D eigenvalue weighted by molar-refractivity contribution is 5.73. The van der Waals surface area contributed by atoms with E-state index in [4.69, 9.17) is 10.5 Å². The summed E-state index contributed by atoms with van der Waals surface area (Å²) < 4.78 is 5.16. The first-order valence-electron chi connectivity index (χ1n) is 5.90. The maximum Gasteiger partial charge on any atom is 0.309 e. The Morgan fingerprint density at radius 2 is 2.11 bits per heavy atom. The second-order valence-electron chi connectivity index (χ2n) is 4.54. The smallest absolute Gasteiger partial charge is 0.309 e. The molecule has 1 aromatic heterocycles. The van der Waals surface area contributed by atoms with Crippen molar-refractivity contribution in [2.45, 2.75) is 25.9 Å². The highest BCUT2D eigenvalue weighted by Gasteiger charge is 2.26. The molecule has 18 heavy (non-hydrogen) atoms. The maximum absolute atomic E-state index is 11.6. The maximum atomic E-state index is 11.6. The summed E-state index contributed by atoms with van der Waals surface area (Å²) in [6.07, 6.45) is 2.94. The second kappa shape index (κ2) is 5.16. The third-order valence-electron chi connectivity index (χ3n) is 2.87. The predicted molar refractivity (Wildman–Crippen MR) is 65.7 cm³/mol. The molecule has 2 N–H and O–H groups in total. The Labute approximate surface area is 105 Å². The number of esters is 1. The standard InChI is InChI=1S/C11H17N5O2/c1-16(2)11-14-8(13-10(12)15-11)6-18-9(17)7-4-3-5-7/h7H,3-6H2,1-2H3,(H2,12,13,14,15). The average Bonchev–Trinajstić information content (AvgIpc) is 2.23. The minimum atomic E-state index is -0.174. The van der Waals surface area contributed by atoms with Gasteiger partial charge >= 0.3 is 5.97 Å². The number of anilines is 2. The van der Waals surface area contributed by atoms with Crippen LogP contribution >= 0.6 is 0 Å². The molecule has 0 aromatic carbocycles. The molecule has 0 unspecified atom stereocenters. The fraction of sp³-hybridized carbons (Fsp3) is 0.636. The zero-order valence-corrected chi connectivity index (χ0v) is 10.6. The molecule has 1 saturated carbocycles. The van der Waals surface area contributed by atoms with Crippen LogP contribution in [0.4, 0.5) is 11.9 Å². The van der Waals surface area contributed by atoms with Crippen LogP contribution in [0.1, 0.15) is 25.1 Å². The van der Waals surface area contributed by atoms with Gasteiger partial charge in [0.25, 0.3) is 0 Å². The van der Waals surface area contributed by atoms with E-state index in [2.05, 4.69) is 15.0 Å². The normalized spacial score (nSPS) is 15.0. The van der Waals surface area contributed by atoms with E-state index in [1.54, 1.807) is 19.0 Å². The van der Waals surface area contributed by atoms with E-state index < -0.39 is 0 Å². The molecule has 98 valence electrons. The Kier molecular flexibility index (Phi) is 3.59. The SMILES string of the molecule is CN(C)c1nc(N)nc(COC(=O)C2CCC2)n1. The van der Waals surface area contributed by atoms with Gasteiger partial charge in [-0.2, -0.15) is 15.0 Å². The fourth-order valence-corrected chi connectivity index (χ4v) is 1.59. The Balaban J connectivity index is 1.97. The summed E-state index contributed by atoms with van der Waals surface area (Å²) in [5.41, 5.74) is 5.57. The number of carbonyl (C=O) groups is 1. The van der Waals surface area contributed by atoms with Crippen LogP contribution in [0.25, 0.3) is 0 Å². The van der Waals surface area contributed by atoms with Crippen molar-refractivity contribution in [2.75, 3.05) is 24.7 Å². The molecule has 0 saturated heterocycles. The first-order valence-corrected chi connectivity index (χ1v) is 5.90. The van der Waals surface area contributed by atoms with Gasteiger partial charge in [-0.15, -0.1) is 0 Å². The highest BCUT2D eigenvalue weighted by atomic mass is 16.5. The summed E-state index contributed by atoms with van der Waals surface area (Å²) in [5, 5.41) is 0. The molecule has 2 rings (SSSR count). The third-order valence-corrected chi connectivity index (χ3v) is 2.87. The summed E-state index contributed by atoms with van der Waals surface area (Å²) in [6, 6.07) is 0. The van der Waals surface area contributed by atoms with Gasteiger partial charge < -0.3 is 15.4 Å². The van der Waals surface area contributed by atoms with Gasteiger partial charge in [-0.3, -0.25) is 4.79 Å². The molecule has 0 radical (unpaired) electrons. The summed E-state index contributed by atoms with van der Waals surface area (Å²) in [6.45, 7) is 0.0445. The number of nitrogen functional groups attached to an aromatic ring is 1. The second-order valence-corrected chi connectivity index (χ2v) is 4.54. The Bertz CT molecular complexity index is 445. The summed E-state index contributed by atoms with van der Waals surface area (Å²) in [4.78, 5) is 25.3. The van der Waals surface area contributed by atoms with Gasteiger partial charge in [0.1, 0.15) is 0 Å². The number of nitrogens with two attached hydrogens (primary N) is 1. The molecule has 0 amide bonds. The first kappa shape index (κ1) is 12.5. The van der Waals surface area contributed by atoms with Crippen LogP contribution in [0.5, 0.6) is 0 Å². The van der Waals surface area contributed by atoms with Gasteiger partial charge in [0.15, 0.2) is 12.4 Å². The Hall–Kier alpha value is -1.92. The molecule has 0 atom stereocenters. The van der Waals surface area contributed by atoms with Gasteiger partial charge in [0, 0.05) is 14.1 Å². The lowest BCUT2D eigenvalue weighted by Crippen LogP contribution is -2.24. The van der Waals surface area contributed by atoms with Crippen molar-refractivity contribution in [2.24, 2.45) is 5.92 Å². The zero-order valence-electron chi connectivity index (χ0n) is 10.6. The van der Waals surface area contributed by atoms with Crippen molar-refractivity contribution >= 4 is 17.9 Å². The fourth-order valence-electron chi connectivity index (χ4n) is 1.59.